The topological polar surface area (TPSA) is 69.4 Å². The van der Waals surface area contributed by atoms with Gasteiger partial charge in [-0.25, -0.2) is 4.68 Å². The van der Waals surface area contributed by atoms with Crippen LogP contribution in [0.3, 0.4) is 0 Å². The number of aromatic nitrogens is 3. The molecule has 0 spiro atoms. The minimum absolute atomic E-state index is 0.137. The summed E-state index contributed by atoms with van der Waals surface area (Å²) in [5.74, 6) is 1.89. The van der Waals surface area contributed by atoms with E-state index < -0.39 is 0 Å². The number of aliphatic hydroxyl groups excluding tert-OH is 1. The second kappa shape index (κ2) is 5.13. The number of fused-ring (bicyclic) bond motifs is 1. The first-order valence-corrected chi connectivity index (χ1v) is 6.62. The van der Waals surface area contributed by atoms with Gasteiger partial charge in [0, 0.05) is 12.1 Å². The predicted molar refractivity (Wildman–Crippen MR) is 72.3 cm³/mol. The van der Waals surface area contributed by atoms with Crippen LogP contribution in [0.5, 0.6) is 11.5 Å². The summed E-state index contributed by atoms with van der Waals surface area (Å²) in [6.45, 7) is 5.08. The normalized spacial score (nSPS) is 13.2. The van der Waals surface area contributed by atoms with Gasteiger partial charge < -0.3 is 14.6 Å². The van der Waals surface area contributed by atoms with E-state index >= 15 is 0 Å². The smallest absolute Gasteiger partial charge is 0.231 e. The van der Waals surface area contributed by atoms with Gasteiger partial charge in [-0.05, 0) is 24.1 Å². The Labute approximate surface area is 116 Å². The number of rotatable bonds is 4. The second-order valence-electron chi connectivity index (χ2n) is 5.19. The van der Waals surface area contributed by atoms with E-state index in [-0.39, 0.29) is 13.4 Å². The lowest BCUT2D eigenvalue weighted by Crippen LogP contribution is -2.08. The molecule has 0 radical (unpaired) electrons. The van der Waals surface area contributed by atoms with Gasteiger partial charge in [0.15, 0.2) is 11.5 Å². The summed E-state index contributed by atoms with van der Waals surface area (Å²) in [6.07, 6.45) is 0. The van der Waals surface area contributed by atoms with Gasteiger partial charge in [-0.1, -0.05) is 19.1 Å². The average Bonchev–Trinajstić information content (AvgIpc) is 3.03. The van der Waals surface area contributed by atoms with Gasteiger partial charge in [-0.2, -0.15) is 0 Å². The van der Waals surface area contributed by atoms with Crippen LogP contribution in [0.2, 0.25) is 0 Å². The van der Waals surface area contributed by atoms with Crippen molar-refractivity contribution in [3.05, 3.63) is 23.9 Å². The largest absolute Gasteiger partial charge is 0.454 e. The quantitative estimate of drug-likeness (QED) is 0.921. The molecule has 20 heavy (non-hydrogen) atoms. The van der Waals surface area contributed by atoms with E-state index in [1.54, 1.807) is 0 Å². The molecule has 0 bridgehead atoms. The van der Waals surface area contributed by atoms with Crippen molar-refractivity contribution >= 4 is 0 Å². The highest BCUT2D eigenvalue weighted by Crippen LogP contribution is 2.36. The molecule has 106 valence electrons. The molecule has 1 aliphatic rings. The van der Waals surface area contributed by atoms with Crippen LogP contribution < -0.4 is 9.47 Å². The molecule has 1 aromatic carbocycles. The Morgan fingerprint density at radius 1 is 1.30 bits per heavy atom. The molecule has 1 aliphatic heterocycles. The number of nitrogens with zero attached hydrogens (tertiary/aromatic N) is 3. The fourth-order valence-electron chi connectivity index (χ4n) is 2.29. The maximum atomic E-state index is 9.45. The van der Waals surface area contributed by atoms with E-state index in [2.05, 4.69) is 24.2 Å². The van der Waals surface area contributed by atoms with Gasteiger partial charge in [-0.3, -0.25) is 0 Å². The molecule has 0 saturated carbocycles. The van der Waals surface area contributed by atoms with E-state index in [9.17, 15) is 5.11 Å². The van der Waals surface area contributed by atoms with Gasteiger partial charge in [-0.15, -0.1) is 5.10 Å². The third-order valence-electron chi connectivity index (χ3n) is 3.14. The van der Waals surface area contributed by atoms with Gasteiger partial charge >= 0.3 is 0 Å². The van der Waals surface area contributed by atoms with Crippen LogP contribution in [0.4, 0.5) is 0 Å². The van der Waals surface area contributed by atoms with Crippen LogP contribution in [-0.2, 0) is 13.2 Å². The Morgan fingerprint density at radius 3 is 2.85 bits per heavy atom. The van der Waals surface area contributed by atoms with E-state index in [0.29, 0.717) is 17.4 Å². The standard InChI is InChI=1S/C14H17N3O3/c1-9(2)6-17-14(11(7-18)15-16-17)10-3-4-12-13(5-10)20-8-19-12/h3-5,9,18H,6-8H2,1-2H3. The van der Waals surface area contributed by atoms with Crippen LogP contribution in [0.1, 0.15) is 19.5 Å². The van der Waals surface area contributed by atoms with Crippen LogP contribution >= 0.6 is 0 Å². The molecule has 1 aromatic heterocycles. The molecule has 1 N–H and O–H groups in total. The third-order valence-corrected chi connectivity index (χ3v) is 3.14. The summed E-state index contributed by atoms with van der Waals surface area (Å²) < 4.78 is 12.5. The maximum Gasteiger partial charge on any atom is 0.231 e. The van der Waals surface area contributed by atoms with E-state index in [0.717, 1.165) is 23.6 Å². The van der Waals surface area contributed by atoms with E-state index in [1.807, 2.05) is 22.9 Å². The number of ether oxygens (including phenoxy) is 2. The summed E-state index contributed by atoms with van der Waals surface area (Å²) in [4.78, 5) is 0. The fraction of sp³-hybridized carbons (Fsp3) is 0.429. The highest BCUT2D eigenvalue weighted by atomic mass is 16.7. The highest BCUT2D eigenvalue weighted by molar-refractivity contribution is 5.66. The first kappa shape index (κ1) is 12.9. The molecule has 0 fully saturated rings. The minimum atomic E-state index is -0.137. The summed E-state index contributed by atoms with van der Waals surface area (Å²) >= 11 is 0. The summed E-state index contributed by atoms with van der Waals surface area (Å²) in [7, 11) is 0. The predicted octanol–water partition coefficient (Wildman–Crippen LogP) is 1.82. The SMILES string of the molecule is CC(C)Cn1nnc(CO)c1-c1ccc2c(c1)OCO2. The molecule has 2 heterocycles. The Bertz CT molecular complexity index is 622. The molecule has 2 aromatic rings. The van der Waals surface area contributed by atoms with Crippen molar-refractivity contribution in [1.82, 2.24) is 15.0 Å². The molecule has 6 heteroatoms. The summed E-state index contributed by atoms with van der Waals surface area (Å²) in [5.41, 5.74) is 2.33. The molecule has 0 saturated heterocycles. The lowest BCUT2D eigenvalue weighted by atomic mass is 10.1. The number of aliphatic hydroxyl groups is 1. The zero-order chi connectivity index (χ0) is 14.1. The van der Waals surface area contributed by atoms with Crippen LogP contribution in [0.15, 0.2) is 18.2 Å². The number of hydrogen-bond donors (Lipinski definition) is 1. The Kier molecular flexibility index (Phi) is 3.31. The van der Waals surface area contributed by atoms with Crippen molar-refractivity contribution in [3.8, 4) is 22.8 Å². The zero-order valence-corrected chi connectivity index (χ0v) is 11.5. The monoisotopic (exact) mass is 275 g/mol. The molecular weight excluding hydrogens is 258 g/mol. The van der Waals surface area contributed by atoms with Crippen molar-refractivity contribution < 1.29 is 14.6 Å². The highest BCUT2D eigenvalue weighted by Gasteiger charge is 2.19. The van der Waals surface area contributed by atoms with Crippen LogP contribution in [-0.4, -0.2) is 26.9 Å². The molecule has 3 rings (SSSR count). The van der Waals surface area contributed by atoms with Gasteiger partial charge in [0.25, 0.3) is 0 Å². The minimum Gasteiger partial charge on any atom is -0.454 e. The van der Waals surface area contributed by atoms with Gasteiger partial charge in [0.2, 0.25) is 6.79 Å². The summed E-state index contributed by atoms with van der Waals surface area (Å²) in [6, 6.07) is 5.70. The zero-order valence-electron chi connectivity index (χ0n) is 11.5. The van der Waals surface area contributed by atoms with Gasteiger partial charge in [0.05, 0.1) is 12.3 Å². The fourth-order valence-corrected chi connectivity index (χ4v) is 2.29. The third kappa shape index (κ3) is 2.22. The lowest BCUT2D eigenvalue weighted by Gasteiger charge is -2.10. The van der Waals surface area contributed by atoms with Crippen molar-refractivity contribution in [1.29, 1.82) is 0 Å². The second-order valence-corrected chi connectivity index (χ2v) is 5.19. The molecule has 0 aliphatic carbocycles. The Morgan fingerprint density at radius 2 is 2.10 bits per heavy atom. The molecule has 0 unspecified atom stereocenters. The Balaban J connectivity index is 2.05. The van der Waals surface area contributed by atoms with Crippen molar-refractivity contribution in [2.75, 3.05) is 6.79 Å². The Hall–Kier alpha value is -2.08. The number of benzene rings is 1. The van der Waals surface area contributed by atoms with Crippen molar-refractivity contribution in [2.45, 2.75) is 27.0 Å². The lowest BCUT2D eigenvalue weighted by molar-refractivity contribution is 0.174. The molecule has 0 atom stereocenters. The van der Waals surface area contributed by atoms with Crippen LogP contribution in [0.25, 0.3) is 11.3 Å². The summed E-state index contributed by atoms with van der Waals surface area (Å²) in [5, 5.41) is 17.6. The number of hydrogen-bond acceptors (Lipinski definition) is 5. The average molecular weight is 275 g/mol. The van der Waals surface area contributed by atoms with Crippen molar-refractivity contribution in [3.63, 3.8) is 0 Å². The molecular formula is C14H17N3O3. The molecule has 6 nitrogen and oxygen atoms in total. The van der Waals surface area contributed by atoms with Crippen molar-refractivity contribution in [2.24, 2.45) is 5.92 Å². The van der Waals surface area contributed by atoms with Crippen LogP contribution in [0, 0.1) is 5.92 Å². The molecule has 0 amide bonds. The van der Waals surface area contributed by atoms with E-state index in [1.165, 1.54) is 0 Å². The van der Waals surface area contributed by atoms with Gasteiger partial charge in [0.1, 0.15) is 5.69 Å². The van der Waals surface area contributed by atoms with E-state index in [4.69, 9.17) is 9.47 Å². The first-order valence-electron chi connectivity index (χ1n) is 6.62. The maximum absolute atomic E-state index is 9.45. The first-order chi connectivity index (χ1) is 9.69.